The van der Waals surface area contributed by atoms with Gasteiger partial charge in [0.15, 0.2) is 0 Å². The third kappa shape index (κ3) is 3.90. The molecule has 2 aromatic rings. The van der Waals surface area contributed by atoms with Crippen molar-refractivity contribution < 1.29 is 0 Å². The van der Waals surface area contributed by atoms with Crippen LogP contribution in [0.25, 0.3) is 0 Å². The molecule has 0 radical (unpaired) electrons. The van der Waals surface area contributed by atoms with Crippen molar-refractivity contribution in [1.29, 1.82) is 0 Å². The summed E-state index contributed by atoms with van der Waals surface area (Å²) in [6, 6.07) is 10.6. The molecule has 0 atom stereocenters. The van der Waals surface area contributed by atoms with Crippen LogP contribution in [0.15, 0.2) is 36.5 Å². The molecule has 0 unspecified atom stereocenters. The maximum Gasteiger partial charge on any atom is 0.0463 e. The number of pyridine rings is 2. The predicted octanol–water partition coefficient (Wildman–Crippen LogP) is 4.60. The van der Waals surface area contributed by atoms with Gasteiger partial charge in [0.2, 0.25) is 0 Å². The van der Waals surface area contributed by atoms with E-state index in [0.717, 1.165) is 23.5 Å². The molecule has 0 bridgehead atoms. The van der Waals surface area contributed by atoms with E-state index in [4.69, 9.17) is 4.98 Å². The molecule has 2 heterocycles. The van der Waals surface area contributed by atoms with Gasteiger partial charge >= 0.3 is 0 Å². The zero-order chi connectivity index (χ0) is 15.7. The molecule has 0 aliphatic carbocycles. The van der Waals surface area contributed by atoms with Crippen molar-refractivity contribution in [2.24, 2.45) is 0 Å². The summed E-state index contributed by atoms with van der Waals surface area (Å²) in [4.78, 5) is 9.43. The van der Waals surface area contributed by atoms with Crippen LogP contribution in [-0.4, -0.2) is 9.97 Å². The van der Waals surface area contributed by atoms with Gasteiger partial charge < -0.3 is 0 Å². The normalized spacial score (nSPS) is 12.5. The first-order valence-electron chi connectivity index (χ1n) is 7.58. The molecule has 0 amide bonds. The molecule has 0 aliphatic heterocycles. The largest absolute Gasteiger partial charge is 0.260 e. The molecular weight excluding hydrogens is 256 g/mol. The lowest BCUT2D eigenvalue weighted by Gasteiger charge is -2.25. The Morgan fingerprint density at radius 1 is 0.905 bits per heavy atom. The van der Waals surface area contributed by atoms with Crippen molar-refractivity contribution >= 4 is 0 Å². The van der Waals surface area contributed by atoms with Gasteiger partial charge in [0.05, 0.1) is 0 Å². The van der Waals surface area contributed by atoms with Gasteiger partial charge in [0, 0.05) is 40.5 Å². The van der Waals surface area contributed by atoms with Crippen LogP contribution in [-0.2, 0) is 17.3 Å². The molecule has 0 spiro atoms. The Morgan fingerprint density at radius 2 is 1.62 bits per heavy atom. The highest BCUT2D eigenvalue weighted by Crippen LogP contribution is 2.27. The Labute approximate surface area is 128 Å². The molecule has 2 rings (SSSR count). The number of rotatable bonds is 3. The summed E-state index contributed by atoms with van der Waals surface area (Å²) in [5, 5.41) is 0. The molecule has 21 heavy (non-hydrogen) atoms. The molecule has 0 saturated heterocycles. The van der Waals surface area contributed by atoms with E-state index >= 15 is 0 Å². The third-order valence-electron chi connectivity index (χ3n) is 3.80. The van der Waals surface area contributed by atoms with Crippen molar-refractivity contribution in [3.8, 4) is 0 Å². The highest BCUT2D eigenvalue weighted by Gasteiger charge is 2.24. The Hall–Kier alpha value is -1.70. The lowest BCUT2D eigenvalue weighted by Crippen LogP contribution is -2.23. The van der Waals surface area contributed by atoms with Gasteiger partial charge in [-0.2, -0.15) is 0 Å². The summed E-state index contributed by atoms with van der Waals surface area (Å²) in [6.07, 6.45) is 2.84. The van der Waals surface area contributed by atoms with Crippen LogP contribution < -0.4 is 0 Å². The smallest absolute Gasteiger partial charge is 0.0463 e. The van der Waals surface area contributed by atoms with Crippen LogP contribution in [0.2, 0.25) is 0 Å². The average Bonchev–Trinajstić information content (AvgIpc) is 2.38. The van der Waals surface area contributed by atoms with Crippen molar-refractivity contribution in [3.05, 3.63) is 59.2 Å². The first-order valence-corrected chi connectivity index (χ1v) is 7.58. The number of aryl methyl sites for hydroxylation is 1. The van der Waals surface area contributed by atoms with Crippen molar-refractivity contribution in [2.45, 2.75) is 58.8 Å². The van der Waals surface area contributed by atoms with E-state index in [9.17, 15) is 0 Å². The number of nitrogens with zero attached hydrogens (tertiary/aromatic N) is 2. The van der Waals surface area contributed by atoms with Gasteiger partial charge in [-0.05, 0) is 30.7 Å². The maximum atomic E-state index is 4.84. The lowest BCUT2D eigenvalue weighted by atomic mass is 9.83. The monoisotopic (exact) mass is 282 g/mol. The zero-order valence-electron chi connectivity index (χ0n) is 14.1. The summed E-state index contributed by atoms with van der Waals surface area (Å²) < 4.78 is 0. The molecule has 0 saturated carbocycles. The SMILES string of the molecule is Cc1ccc(C(C)(C)Cc2cccc(C(C)(C)C)n2)nc1. The zero-order valence-corrected chi connectivity index (χ0v) is 14.1. The summed E-state index contributed by atoms with van der Waals surface area (Å²) >= 11 is 0. The van der Waals surface area contributed by atoms with Crippen LogP contribution in [0.1, 0.15) is 57.3 Å². The van der Waals surface area contributed by atoms with Gasteiger partial charge in [0.25, 0.3) is 0 Å². The molecule has 112 valence electrons. The number of hydrogen-bond acceptors (Lipinski definition) is 2. The topological polar surface area (TPSA) is 25.8 Å². The molecule has 0 N–H and O–H groups in total. The second kappa shape index (κ2) is 5.59. The van der Waals surface area contributed by atoms with Crippen LogP contribution in [0.4, 0.5) is 0 Å². The summed E-state index contributed by atoms with van der Waals surface area (Å²) in [6.45, 7) is 13.1. The molecule has 0 aliphatic rings. The first kappa shape index (κ1) is 15.7. The van der Waals surface area contributed by atoms with Crippen LogP contribution in [0.3, 0.4) is 0 Å². The summed E-state index contributed by atoms with van der Waals surface area (Å²) in [5.74, 6) is 0. The van der Waals surface area contributed by atoms with E-state index in [1.54, 1.807) is 0 Å². The first-order chi connectivity index (χ1) is 9.68. The molecule has 2 heteroatoms. The molecular formula is C19H26N2. The van der Waals surface area contributed by atoms with E-state index in [1.165, 1.54) is 5.56 Å². The summed E-state index contributed by atoms with van der Waals surface area (Å²) in [7, 11) is 0. The minimum atomic E-state index is -0.0167. The lowest BCUT2D eigenvalue weighted by molar-refractivity contribution is 0.492. The van der Waals surface area contributed by atoms with Crippen molar-refractivity contribution in [3.63, 3.8) is 0 Å². The Balaban J connectivity index is 2.26. The highest BCUT2D eigenvalue weighted by atomic mass is 14.7. The van der Waals surface area contributed by atoms with Crippen LogP contribution in [0, 0.1) is 6.92 Å². The average molecular weight is 282 g/mol. The van der Waals surface area contributed by atoms with Gasteiger partial charge in [-0.25, -0.2) is 0 Å². The number of aromatic nitrogens is 2. The van der Waals surface area contributed by atoms with E-state index < -0.39 is 0 Å². The van der Waals surface area contributed by atoms with Crippen molar-refractivity contribution in [1.82, 2.24) is 9.97 Å². The van der Waals surface area contributed by atoms with E-state index in [0.29, 0.717) is 0 Å². The fourth-order valence-corrected chi connectivity index (χ4v) is 2.41. The third-order valence-corrected chi connectivity index (χ3v) is 3.80. The number of hydrogen-bond donors (Lipinski definition) is 0. The van der Waals surface area contributed by atoms with Gasteiger partial charge in [0.1, 0.15) is 0 Å². The molecule has 2 nitrogen and oxygen atoms in total. The summed E-state index contributed by atoms with van der Waals surface area (Å²) in [5.41, 5.74) is 4.67. The fourth-order valence-electron chi connectivity index (χ4n) is 2.41. The minimum Gasteiger partial charge on any atom is -0.260 e. The van der Waals surface area contributed by atoms with E-state index in [-0.39, 0.29) is 10.8 Å². The van der Waals surface area contributed by atoms with E-state index in [2.05, 4.69) is 76.9 Å². The molecule has 2 aromatic heterocycles. The van der Waals surface area contributed by atoms with Crippen molar-refractivity contribution in [2.75, 3.05) is 0 Å². The Morgan fingerprint density at radius 3 is 2.19 bits per heavy atom. The predicted molar refractivity (Wildman–Crippen MR) is 88.6 cm³/mol. The minimum absolute atomic E-state index is 0.0167. The molecule has 0 fully saturated rings. The van der Waals surface area contributed by atoms with Gasteiger partial charge in [-0.3, -0.25) is 9.97 Å². The molecule has 0 aromatic carbocycles. The van der Waals surface area contributed by atoms with Gasteiger partial charge in [-0.1, -0.05) is 46.8 Å². The second-order valence-corrected chi connectivity index (χ2v) is 7.55. The standard InChI is InChI=1S/C19H26N2/c1-14-10-11-17(20-13-14)19(5,6)12-15-8-7-9-16(21-15)18(2,3)4/h7-11,13H,12H2,1-6H3. The van der Waals surface area contributed by atoms with Crippen LogP contribution >= 0.6 is 0 Å². The Bertz CT molecular complexity index is 604. The second-order valence-electron chi connectivity index (χ2n) is 7.55. The Kier molecular flexibility index (Phi) is 4.18. The van der Waals surface area contributed by atoms with Gasteiger partial charge in [-0.15, -0.1) is 0 Å². The quantitative estimate of drug-likeness (QED) is 0.822. The highest BCUT2D eigenvalue weighted by molar-refractivity contribution is 5.24. The fraction of sp³-hybridized carbons (Fsp3) is 0.474. The van der Waals surface area contributed by atoms with E-state index in [1.807, 2.05) is 6.20 Å². The van der Waals surface area contributed by atoms with Crippen LogP contribution in [0.5, 0.6) is 0 Å². The maximum absolute atomic E-state index is 4.84.